The summed E-state index contributed by atoms with van der Waals surface area (Å²) < 4.78 is 0.879. The number of aromatic nitrogens is 1. The predicted octanol–water partition coefficient (Wildman–Crippen LogP) is 3.51. The van der Waals surface area contributed by atoms with E-state index in [9.17, 15) is 4.79 Å². The lowest BCUT2D eigenvalue weighted by Crippen LogP contribution is -2.07. The van der Waals surface area contributed by atoms with E-state index in [1.807, 2.05) is 6.07 Å². The first-order valence-corrected chi connectivity index (χ1v) is 6.42. The van der Waals surface area contributed by atoms with Crippen molar-refractivity contribution in [3.63, 3.8) is 0 Å². The number of nitrogens with two attached hydrogens (primary N) is 1. The van der Waals surface area contributed by atoms with Crippen LogP contribution in [-0.4, -0.2) is 10.8 Å². The van der Waals surface area contributed by atoms with E-state index in [-0.39, 0.29) is 12.2 Å². The molecular weight excluding hydrogens is 316 g/mol. The summed E-state index contributed by atoms with van der Waals surface area (Å²) in [6.45, 7) is 0. The molecule has 0 radical (unpaired) electrons. The third-order valence-electron chi connectivity index (χ3n) is 2.44. The molecule has 1 aromatic carbocycles. The van der Waals surface area contributed by atoms with Gasteiger partial charge in [0.25, 0.3) is 0 Å². The van der Waals surface area contributed by atoms with Crippen LogP contribution in [0.5, 0.6) is 0 Å². The zero-order chi connectivity index (χ0) is 13.1. The topological polar surface area (TPSA) is 56.0 Å². The molecule has 0 amide bonds. The van der Waals surface area contributed by atoms with Crippen molar-refractivity contribution < 1.29 is 4.79 Å². The second-order valence-electron chi connectivity index (χ2n) is 3.80. The fourth-order valence-electron chi connectivity index (χ4n) is 1.56. The second-order valence-corrected chi connectivity index (χ2v) is 5.15. The van der Waals surface area contributed by atoms with Crippen LogP contribution in [0.15, 0.2) is 41.0 Å². The van der Waals surface area contributed by atoms with Crippen molar-refractivity contribution in [1.82, 2.24) is 4.98 Å². The molecular formula is C13H10BrClN2O. The number of anilines is 1. The molecule has 1 aromatic heterocycles. The molecule has 2 rings (SSSR count). The van der Waals surface area contributed by atoms with Gasteiger partial charge in [-0.15, -0.1) is 0 Å². The van der Waals surface area contributed by atoms with Crippen molar-refractivity contribution in [2.75, 3.05) is 5.73 Å². The van der Waals surface area contributed by atoms with Crippen LogP contribution in [0.2, 0.25) is 5.02 Å². The highest BCUT2D eigenvalue weighted by atomic mass is 79.9. The van der Waals surface area contributed by atoms with Crippen LogP contribution in [-0.2, 0) is 6.42 Å². The SMILES string of the molecule is Nc1cc(Cl)ccc1C(=O)Cc1ccc(Br)cn1. The monoisotopic (exact) mass is 324 g/mol. The average molecular weight is 326 g/mol. The summed E-state index contributed by atoms with van der Waals surface area (Å²) >= 11 is 9.08. The maximum Gasteiger partial charge on any atom is 0.170 e. The predicted molar refractivity (Wildman–Crippen MR) is 75.8 cm³/mol. The van der Waals surface area contributed by atoms with Crippen LogP contribution in [0, 0.1) is 0 Å². The molecule has 1 heterocycles. The molecule has 0 saturated carbocycles. The lowest BCUT2D eigenvalue weighted by atomic mass is 10.0. The van der Waals surface area contributed by atoms with E-state index in [1.54, 1.807) is 30.5 Å². The molecule has 0 aliphatic carbocycles. The zero-order valence-corrected chi connectivity index (χ0v) is 11.7. The van der Waals surface area contributed by atoms with Gasteiger partial charge >= 0.3 is 0 Å². The van der Waals surface area contributed by atoms with Gasteiger partial charge in [-0.1, -0.05) is 11.6 Å². The van der Waals surface area contributed by atoms with Crippen LogP contribution >= 0.6 is 27.5 Å². The summed E-state index contributed by atoms with van der Waals surface area (Å²) in [6, 6.07) is 8.51. The van der Waals surface area contributed by atoms with Gasteiger partial charge in [0.15, 0.2) is 5.78 Å². The first-order chi connectivity index (χ1) is 8.56. The van der Waals surface area contributed by atoms with Crippen molar-refractivity contribution >= 4 is 39.0 Å². The number of ketones is 1. The highest BCUT2D eigenvalue weighted by Gasteiger charge is 2.11. The highest BCUT2D eigenvalue weighted by Crippen LogP contribution is 2.19. The quantitative estimate of drug-likeness (QED) is 0.694. The van der Waals surface area contributed by atoms with Gasteiger partial charge in [-0.25, -0.2) is 0 Å². The second kappa shape index (κ2) is 5.50. The molecule has 0 fully saturated rings. The lowest BCUT2D eigenvalue weighted by Gasteiger charge is -2.05. The molecule has 0 aliphatic rings. The highest BCUT2D eigenvalue weighted by molar-refractivity contribution is 9.10. The Morgan fingerprint density at radius 2 is 2.11 bits per heavy atom. The standard InChI is InChI=1S/C13H10BrClN2O/c14-8-1-3-10(17-7-8)6-13(18)11-4-2-9(15)5-12(11)16/h1-5,7H,6,16H2. The van der Waals surface area contributed by atoms with E-state index in [1.165, 1.54) is 0 Å². The minimum atomic E-state index is -0.0704. The summed E-state index contributed by atoms with van der Waals surface area (Å²) in [5.41, 5.74) is 7.34. The van der Waals surface area contributed by atoms with Crippen LogP contribution in [0.25, 0.3) is 0 Å². The molecule has 0 spiro atoms. The first kappa shape index (κ1) is 13.1. The largest absolute Gasteiger partial charge is 0.398 e. The fraction of sp³-hybridized carbons (Fsp3) is 0.0769. The van der Waals surface area contributed by atoms with Crippen LogP contribution in [0.3, 0.4) is 0 Å². The van der Waals surface area contributed by atoms with E-state index in [0.717, 1.165) is 4.47 Å². The zero-order valence-electron chi connectivity index (χ0n) is 9.36. The van der Waals surface area contributed by atoms with Crippen LogP contribution in [0.4, 0.5) is 5.69 Å². The van der Waals surface area contributed by atoms with E-state index in [4.69, 9.17) is 17.3 Å². The van der Waals surface area contributed by atoms with Gasteiger partial charge in [-0.3, -0.25) is 9.78 Å². The molecule has 92 valence electrons. The Balaban J connectivity index is 2.19. The molecule has 2 aromatic rings. The number of nitrogens with zero attached hydrogens (tertiary/aromatic N) is 1. The summed E-state index contributed by atoms with van der Waals surface area (Å²) in [7, 11) is 0. The van der Waals surface area contributed by atoms with Crippen molar-refractivity contribution in [2.45, 2.75) is 6.42 Å². The molecule has 0 unspecified atom stereocenters. The molecule has 2 N–H and O–H groups in total. The Morgan fingerprint density at radius 3 is 2.72 bits per heavy atom. The Bertz CT molecular complexity index is 584. The van der Waals surface area contributed by atoms with E-state index < -0.39 is 0 Å². The first-order valence-electron chi connectivity index (χ1n) is 5.25. The Kier molecular flexibility index (Phi) is 3.99. The van der Waals surface area contributed by atoms with Gasteiger partial charge in [-0.05, 0) is 46.3 Å². The normalized spacial score (nSPS) is 10.3. The minimum Gasteiger partial charge on any atom is -0.398 e. The van der Waals surface area contributed by atoms with Gasteiger partial charge < -0.3 is 5.73 Å². The van der Waals surface area contributed by atoms with Crippen LogP contribution < -0.4 is 5.73 Å². The van der Waals surface area contributed by atoms with Crippen LogP contribution in [0.1, 0.15) is 16.1 Å². The number of nitrogen functional groups attached to an aromatic ring is 1. The Labute approximate surface area is 118 Å². The number of halogens is 2. The number of pyridine rings is 1. The van der Waals surface area contributed by atoms with E-state index >= 15 is 0 Å². The third kappa shape index (κ3) is 3.09. The molecule has 18 heavy (non-hydrogen) atoms. The fourth-order valence-corrected chi connectivity index (χ4v) is 1.97. The Hall–Kier alpha value is -1.39. The van der Waals surface area contributed by atoms with Gasteiger partial charge in [0, 0.05) is 32.6 Å². The number of carbonyl (C=O) groups is 1. The summed E-state index contributed by atoms with van der Waals surface area (Å²) in [6.07, 6.45) is 1.88. The lowest BCUT2D eigenvalue weighted by molar-refractivity contribution is 0.0993. The van der Waals surface area contributed by atoms with Gasteiger partial charge in [-0.2, -0.15) is 0 Å². The number of carbonyl (C=O) groups excluding carboxylic acids is 1. The van der Waals surface area contributed by atoms with E-state index in [2.05, 4.69) is 20.9 Å². The number of benzene rings is 1. The van der Waals surface area contributed by atoms with Gasteiger partial charge in [0.2, 0.25) is 0 Å². The van der Waals surface area contributed by atoms with Crippen molar-refractivity contribution in [1.29, 1.82) is 0 Å². The minimum absolute atomic E-state index is 0.0704. The number of Topliss-reactive ketones (excluding diaryl/α,β-unsaturated/α-hetero) is 1. The molecule has 0 aliphatic heterocycles. The molecule has 0 bridgehead atoms. The van der Waals surface area contributed by atoms with Crippen molar-refractivity contribution in [3.05, 3.63) is 57.3 Å². The molecule has 0 atom stereocenters. The molecule has 5 heteroatoms. The number of hydrogen-bond donors (Lipinski definition) is 1. The van der Waals surface area contributed by atoms with Gasteiger partial charge in [0.1, 0.15) is 0 Å². The van der Waals surface area contributed by atoms with Crippen molar-refractivity contribution in [3.8, 4) is 0 Å². The molecule has 3 nitrogen and oxygen atoms in total. The maximum absolute atomic E-state index is 12.1. The Morgan fingerprint density at radius 1 is 1.33 bits per heavy atom. The summed E-state index contributed by atoms with van der Waals surface area (Å²) in [4.78, 5) is 16.2. The van der Waals surface area contributed by atoms with E-state index in [0.29, 0.717) is 22.0 Å². The number of rotatable bonds is 3. The third-order valence-corrected chi connectivity index (χ3v) is 3.15. The average Bonchev–Trinajstić information content (AvgIpc) is 2.32. The maximum atomic E-state index is 12.1. The molecule has 0 saturated heterocycles. The smallest absolute Gasteiger partial charge is 0.170 e. The van der Waals surface area contributed by atoms with Gasteiger partial charge in [0.05, 0.1) is 6.42 Å². The summed E-state index contributed by atoms with van der Waals surface area (Å²) in [5, 5.41) is 0.519. The summed E-state index contributed by atoms with van der Waals surface area (Å²) in [5.74, 6) is -0.0704. The number of hydrogen-bond acceptors (Lipinski definition) is 3. The van der Waals surface area contributed by atoms with Crippen molar-refractivity contribution in [2.24, 2.45) is 0 Å².